The third-order valence-corrected chi connectivity index (χ3v) is 4.33. The van der Waals surface area contributed by atoms with Crippen LogP contribution in [-0.2, 0) is 4.79 Å². The van der Waals surface area contributed by atoms with Gasteiger partial charge in [-0.1, -0.05) is 40.9 Å². The second-order valence-corrected chi connectivity index (χ2v) is 6.17. The molecule has 2 rings (SSSR count). The van der Waals surface area contributed by atoms with Gasteiger partial charge in [0.15, 0.2) is 11.5 Å². The van der Waals surface area contributed by atoms with Crippen molar-refractivity contribution in [1.29, 1.82) is 5.26 Å². The average molecular weight is 412 g/mol. The molecule has 0 aliphatic heterocycles. The number of para-hydroxylation sites is 1. The molecule has 0 saturated heterocycles. The van der Waals surface area contributed by atoms with Gasteiger partial charge in [-0.3, -0.25) is 4.79 Å². The normalized spacial score (nSPS) is 10.8. The fraction of sp³-hybridized carbons (Fsp3) is 0.111. The zero-order valence-electron chi connectivity index (χ0n) is 13.8. The Hall–Kier alpha value is -2.39. The molecule has 0 fully saturated rings. The van der Waals surface area contributed by atoms with Crippen LogP contribution in [0.4, 0.5) is 5.69 Å². The first-order chi connectivity index (χ1) is 12.4. The molecular formula is C18H13Cl3N2O3. The van der Waals surface area contributed by atoms with Gasteiger partial charge >= 0.3 is 0 Å². The van der Waals surface area contributed by atoms with E-state index in [9.17, 15) is 10.1 Å². The van der Waals surface area contributed by atoms with Crippen LogP contribution in [-0.4, -0.2) is 20.1 Å². The number of ether oxygens (including phenoxy) is 2. The standard InChI is InChI=1S/C18H13Cl3N2O3/c1-25-15-7-10(14(21)8-16(15)26-2)6-11(9-22)18(24)23-17-12(19)4-3-5-13(17)20/h3-8H,1-2H3,(H,23,24)/b11-6+. The van der Waals surface area contributed by atoms with Gasteiger partial charge in [0.25, 0.3) is 5.91 Å². The van der Waals surface area contributed by atoms with Crippen molar-refractivity contribution in [3.8, 4) is 17.6 Å². The molecule has 0 aliphatic rings. The van der Waals surface area contributed by atoms with Crippen LogP contribution < -0.4 is 14.8 Å². The lowest BCUT2D eigenvalue weighted by Crippen LogP contribution is -2.14. The predicted molar refractivity (Wildman–Crippen MR) is 103 cm³/mol. The summed E-state index contributed by atoms with van der Waals surface area (Å²) in [4.78, 5) is 12.4. The molecule has 1 N–H and O–H groups in total. The number of rotatable bonds is 5. The topological polar surface area (TPSA) is 71.3 Å². The summed E-state index contributed by atoms with van der Waals surface area (Å²) in [5, 5.41) is 12.7. The quantitative estimate of drug-likeness (QED) is 0.541. The molecule has 26 heavy (non-hydrogen) atoms. The summed E-state index contributed by atoms with van der Waals surface area (Å²) in [6.07, 6.45) is 1.34. The largest absolute Gasteiger partial charge is 0.493 e. The Morgan fingerprint density at radius 2 is 1.65 bits per heavy atom. The van der Waals surface area contributed by atoms with E-state index < -0.39 is 5.91 Å². The summed E-state index contributed by atoms with van der Waals surface area (Å²) in [7, 11) is 2.95. The third kappa shape index (κ3) is 4.41. The Bertz CT molecular complexity index is 900. The number of nitrogens with zero attached hydrogens (tertiary/aromatic N) is 1. The van der Waals surface area contributed by atoms with Crippen LogP contribution in [0.15, 0.2) is 35.9 Å². The van der Waals surface area contributed by atoms with Crippen molar-refractivity contribution >= 4 is 52.5 Å². The Morgan fingerprint density at radius 1 is 1.08 bits per heavy atom. The number of methoxy groups -OCH3 is 2. The Balaban J connectivity index is 2.39. The van der Waals surface area contributed by atoms with Crippen molar-refractivity contribution in [2.45, 2.75) is 0 Å². The summed E-state index contributed by atoms with van der Waals surface area (Å²) in [5.74, 6) is 0.170. The number of halogens is 3. The lowest BCUT2D eigenvalue weighted by molar-refractivity contribution is -0.112. The zero-order valence-corrected chi connectivity index (χ0v) is 16.0. The van der Waals surface area contributed by atoms with Gasteiger partial charge in [0.2, 0.25) is 0 Å². The molecule has 0 unspecified atom stereocenters. The predicted octanol–water partition coefficient (Wildman–Crippen LogP) is 5.21. The minimum absolute atomic E-state index is 0.185. The molecule has 0 saturated carbocycles. The van der Waals surface area contributed by atoms with Crippen molar-refractivity contribution in [2.24, 2.45) is 0 Å². The Labute approximate surface area is 165 Å². The van der Waals surface area contributed by atoms with E-state index in [4.69, 9.17) is 44.3 Å². The van der Waals surface area contributed by atoms with E-state index in [-0.39, 0.29) is 21.3 Å². The zero-order chi connectivity index (χ0) is 19.3. The molecule has 0 atom stereocenters. The molecule has 0 heterocycles. The highest BCUT2D eigenvalue weighted by molar-refractivity contribution is 6.40. The van der Waals surface area contributed by atoms with Crippen molar-refractivity contribution in [3.63, 3.8) is 0 Å². The molecule has 0 aliphatic carbocycles. The minimum atomic E-state index is -0.673. The van der Waals surface area contributed by atoms with Gasteiger partial charge in [-0.15, -0.1) is 0 Å². The highest BCUT2D eigenvalue weighted by atomic mass is 35.5. The first kappa shape index (κ1) is 19.9. The number of nitriles is 1. The molecule has 8 heteroatoms. The number of carbonyl (C=O) groups is 1. The number of carbonyl (C=O) groups excluding carboxylic acids is 1. The number of benzene rings is 2. The Kier molecular flexibility index (Phi) is 6.76. The molecule has 0 bridgehead atoms. The fourth-order valence-corrected chi connectivity index (χ4v) is 2.78. The first-order valence-corrected chi connectivity index (χ1v) is 8.33. The smallest absolute Gasteiger partial charge is 0.266 e. The van der Waals surface area contributed by atoms with E-state index in [1.54, 1.807) is 24.3 Å². The molecule has 134 valence electrons. The van der Waals surface area contributed by atoms with E-state index in [1.807, 2.05) is 6.07 Å². The van der Waals surface area contributed by atoms with Gasteiger partial charge in [-0.25, -0.2) is 0 Å². The average Bonchev–Trinajstić information content (AvgIpc) is 2.63. The summed E-state index contributed by atoms with van der Waals surface area (Å²) >= 11 is 18.2. The maximum absolute atomic E-state index is 12.4. The van der Waals surface area contributed by atoms with E-state index >= 15 is 0 Å². The van der Waals surface area contributed by atoms with Crippen LogP contribution in [0, 0.1) is 11.3 Å². The lowest BCUT2D eigenvalue weighted by atomic mass is 10.1. The van der Waals surface area contributed by atoms with Gasteiger partial charge in [-0.2, -0.15) is 5.26 Å². The molecule has 0 spiro atoms. The maximum Gasteiger partial charge on any atom is 0.266 e. The monoisotopic (exact) mass is 410 g/mol. The number of amides is 1. The number of hydrogen-bond donors (Lipinski definition) is 1. The van der Waals surface area contributed by atoms with Crippen LogP contribution in [0.25, 0.3) is 6.08 Å². The number of nitrogens with one attached hydrogen (secondary N) is 1. The van der Waals surface area contributed by atoms with Crippen LogP contribution in [0.5, 0.6) is 11.5 Å². The molecule has 5 nitrogen and oxygen atoms in total. The van der Waals surface area contributed by atoms with Crippen LogP contribution in [0.2, 0.25) is 15.1 Å². The third-order valence-electron chi connectivity index (χ3n) is 3.37. The van der Waals surface area contributed by atoms with Gasteiger partial charge in [0, 0.05) is 6.07 Å². The van der Waals surface area contributed by atoms with E-state index in [1.165, 1.54) is 26.4 Å². The van der Waals surface area contributed by atoms with E-state index in [0.29, 0.717) is 22.1 Å². The maximum atomic E-state index is 12.4. The van der Waals surface area contributed by atoms with Crippen LogP contribution in [0.3, 0.4) is 0 Å². The number of hydrogen-bond acceptors (Lipinski definition) is 4. The molecule has 0 aromatic heterocycles. The molecule has 2 aromatic rings. The van der Waals surface area contributed by atoms with Crippen molar-refractivity contribution in [3.05, 3.63) is 56.5 Å². The van der Waals surface area contributed by atoms with Gasteiger partial charge in [0.05, 0.1) is 35.0 Å². The van der Waals surface area contributed by atoms with Crippen LogP contribution >= 0.6 is 34.8 Å². The van der Waals surface area contributed by atoms with Crippen molar-refractivity contribution in [1.82, 2.24) is 0 Å². The fourth-order valence-electron chi connectivity index (χ4n) is 2.08. The van der Waals surface area contributed by atoms with Gasteiger partial charge in [-0.05, 0) is 29.8 Å². The van der Waals surface area contributed by atoms with Gasteiger partial charge < -0.3 is 14.8 Å². The Morgan fingerprint density at radius 3 is 2.19 bits per heavy atom. The summed E-state index contributed by atoms with van der Waals surface area (Å²) in [6, 6.07) is 9.72. The minimum Gasteiger partial charge on any atom is -0.493 e. The summed E-state index contributed by atoms with van der Waals surface area (Å²) in [6.45, 7) is 0. The molecular weight excluding hydrogens is 399 g/mol. The molecule has 1 amide bonds. The van der Waals surface area contributed by atoms with Crippen molar-refractivity contribution < 1.29 is 14.3 Å². The highest BCUT2D eigenvalue weighted by Gasteiger charge is 2.16. The van der Waals surface area contributed by atoms with Crippen LogP contribution in [0.1, 0.15) is 5.56 Å². The second kappa shape index (κ2) is 8.81. The summed E-state index contributed by atoms with van der Waals surface area (Å²) < 4.78 is 10.4. The first-order valence-electron chi connectivity index (χ1n) is 7.20. The number of anilines is 1. The van der Waals surface area contributed by atoms with E-state index in [0.717, 1.165) is 0 Å². The second-order valence-electron chi connectivity index (χ2n) is 4.95. The molecule has 0 radical (unpaired) electrons. The SMILES string of the molecule is COc1cc(Cl)c(/C=C(\C#N)C(=O)Nc2c(Cl)cccc2Cl)cc1OC. The van der Waals surface area contributed by atoms with Crippen molar-refractivity contribution in [2.75, 3.05) is 19.5 Å². The highest BCUT2D eigenvalue weighted by Crippen LogP contribution is 2.34. The molecule has 2 aromatic carbocycles. The van der Waals surface area contributed by atoms with Gasteiger partial charge in [0.1, 0.15) is 11.6 Å². The summed E-state index contributed by atoms with van der Waals surface area (Å²) in [5.41, 5.74) is 0.455. The van der Waals surface area contributed by atoms with E-state index in [2.05, 4.69) is 5.32 Å². The lowest BCUT2D eigenvalue weighted by Gasteiger charge is -2.11.